The zero-order valence-corrected chi connectivity index (χ0v) is 21.0. The van der Waals surface area contributed by atoms with Gasteiger partial charge in [-0.1, -0.05) is 27.1 Å². The Bertz CT molecular complexity index is 1590. The number of nitrogens with one attached hydrogen (secondary N) is 2. The van der Waals surface area contributed by atoms with E-state index in [0.29, 0.717) is 11.3 Å². The summed E-state index contributed by atoms with van der Waals surface area (Å²) in [5.41, 5.74) is 3.84. The highest BCUT2D eigenvalue weighted by Gasteiger charge is 2.17. The van der Waals surface area contributed by atoms with E-state index in [-0.39, 0.29) is 24.0 Å². The SMILES string of the molecule is Cc1ccc(-c2cc(Br)ccc2OCc2ccc(F)cc2F)n1-c1cccc(C(=O)Nc2nn[nH]n2)c1. The van der Waals surface area contributed by atoms with Gasteiger partial charge in [-0.2, -0.15) is 5.21 Å². The molecular formula is C26H19BrF2N6O2. The molecule has 0 aliphatic carbocycles. The third-order valence-corrected chi connectivity index (χ3v) is 6.12. The average Bonchev–Trinajstić information content (AvgIpc) is 3.53. The molecule has 0 fully saturated rings. The van der Waals surface area contributed by atoms with E-state index < -0.39 is 11.6 Å². The van der Waals surface area contributed by atoms with Crippen molar-refractivity contribution < 1.29 is 18.3 Å². The van der Waals surface area contributed by atoms with Crippen molar-refractivity contribution in [3.63, 3.8) is 0 Å². The number of rotatable bonds is 7. The van der Waals surface area contributed by atoms with Crippen molar-refractivity contribution in [2.75, 3.05) is 5.32 Å². The second-order valence-electron chi connectivity index (χ2n) is 8.10. The van der Waals surface area contributed by atoms with E-state index in [4.69, 9.17) is 4.74 Å². The van der Waals surface area contributed by atoms with Gasteiger partial charge in [0.05, 0.1) is 5.69 Å². The van der Waals surface area contributed by atoms with Crippen LogP contribution in [-0.2, 0) is 6.61 Å². The lowest BCUT2D eigenvalue weighted by Crippen LogP contribution is -2.13. The molecule has 8 nitrogen and oxygen atoms in total. The third kappa shape index (κ3) is 5.26. The largest absolute Gasteiger partial charge is 0.488 e. The topological polar surface area (TPSA) is 97.7 Å². The van der Waals surface area contributed by atoms with Crippen molar-refractivity contribution in [1.29, 1.82) is 0 Å². The van der Waals surface area contributed by atoms with Crippen LogP contribution in [0.25, 0.3) is 16.9 Å². The predicted molar refractivity (Wildman–Crippen MR) is 136 cm³/mol. The predicted octanol–water partition coefficient (Wildman–Crippen LogP) is 5.84. The minimum atomic E-state index is -0.672. The number of anilines is 1. The molecule has 2 heterocycles. The summed E-state index contributed by atoms with van der Waals surface area (Å²) < 4.78 is 36.3. The van der Waals surface area contributed by atoms with Crippen LogP contribution >= 0.6 is 15.9 Å². The standard InChI is InChI=1S/C26H19BrF2N6O2/c1-15-5-9-23(35(15)20-4-2-3-16(11-20)25(36)30-26-31-33-34-32-26)21-12-18(27)7-10-24(21)37-14-17-6-8-19(28)13-22(17)29/h2-13H,14H2,1H3,(H2,30,31,32,33,34,36). The lowest BCUT2D eigenvalue weighted by atomic mass is 10.1. The molecule has 0 radical (unpaired) electrons. The van der Waals surface area contributed by atoms with Crippen LogP contribution in [0.4, 0.5) is 14.7 Å². The van der Waals surface area contributed by atoms with Gasteiger partial charge in [-0.05, 0) is 72.8 Å². The minimum Gasteiger partial charge on any atom is -0.488 e. The molecule has 11 heteroatoms. The molecule has 0 spiro atoms. The van der Waals surface area contributed by atoms with Gasteiger partial charge in [0, 0.05) is 38.6 Å². The number of aryl methyl sites for hydroxylation is 1. The normalized spacial score (nSPS) is 10.9. The molecule has 2 N–H and O–H groups in total. The Kier molecular flexibility index (Phi) is 6.78. The summed E-state index contributed by atoms with van der Waals surface area (Å²) in [5, 5.41) is 15.8. The second kappa shape index (κ2) is 10.3. The van der Waals surface area contributed by atoms with E-state index in [1.165, 1.54) is 12.1 Å². The van der Waals surface area contributed by atoms with Gasteiger partial charge in [0.15, 0.2) is 0 Å². The first-order chi connectivity index (χ1) is 17.9. The number of aromatic nitrogens is 5. The summed E-state index contributed by atoms with van der Waals surface area (Å²) in [6.45, 7) is 1.87. The Hall–Kier alpha value is -4.38. The maximum atomic E-state index is 14.2. The van der Waals surface area contributed by atoms with Crippen molar-refractivity contribution in [1.82, 2.24) is 25.2 Å². The number of benzene rings is 3. The lowest BCUT2D eigenvalue weighted by Gasteiger charge is -2.17. The van der Waals surface area contributed by atoms with Crippen molar-refractivity contribution in [3.8, 4) is 22.7 Å². The Morgan fingerprint density at radius 3 is 2.73 bits per heavy atom. The van der Waals surface area contributed by atoms with Crippen molar-refractivity contribution in [2.45, 2.75) is 13.5 Å². The van der Waals surface area contributed by atoms with Crippen LogP contribution in [-0.4, -0.2) is 31.1 Å². The van der Waals surface area contributed by atoms with Crippen LogP contribution in [0.5, 0.6) is 5.75 Å². The Labute approximate surface area is 218 Å². The number of hydrogen-bond donors (Lipinski definition) is 2. The lowest BCUT2D eigenvalue weighted by molar-refractivity contribution is 0.102. The number of carbonyl (C=O) groups excluding carboxylic acids is 1. The maximum Gasteiger partial charge on any atom is 0.270 e. The third-order valence-electron chi connectivity index (χ3n) is 5.63. The fourth-order valence-corrected chi connectivity index (χ4v) is 4.25. The second-order valence-corrected chi connectivity index (χ2v) is 9.02. The zero-order valence-electron chi connectivity index (χ0n) is 19.4. The summed E-state index contributed by atoms with van der Waals surface area (Å²) in [5.74, 6) is -1.12. The number of hydrogen-bond acceptors (Lipinski definition) is 5. The smallest absolute Gasteiger partial charge is 0.270 e. The van der Waals surface area contributed by atoms with Crippen molar-refractivity contribution >= 4 is 27.8 Å². The van der Waals surface area contributed by atoms with Gasteiger partial charge in [-0.25, -0.2) is 8.78 Å². The molecule has 37 heavy (non-hydrogen) atoms. The van der Waals surface area contributed by atoms with E-state index in [0.717, 1.165) is 33.2 Å². The number of ether oxygens (including phenoxy) is 1. The minimum absolute atomic E-state index is 0.0711. The van der Waals surface area contributed by atoms with Gasteiger partial charge in [0.25, 0.3) is 11.9 Å². The summed E-state index contributed by atoms with van der Waals surface area (Å²) in [4.78, 5) is 12.7. The highest BCUT2D eigenvalue weighted by Crippen LogP contribution is 2.36. The molecule has 0 aliphatic heterocycles. The van der Waals surface area contributed by atoms with Gasteiger partial charge in [0.2, 0.25) is 0 Å². The van der Waals surface area contributed by atoms with Gasteiger partial charge in [-0.3, -0.25) is 10.1 Å². The summed E-state index contributed by atoms with van der Waals surface area (Å²) in [7, 11) is 0. The Morgan fingerprint density at radius 2 is 1.95 bits per heavy atom. The molecular weight excluding hydrogens is 546 g/mol. The van der Waals surface area contributed by atoms with Gasteiger partial charge < -0.3 is 9.30 Å². The fraction of sp³-hybridized carbons (Fsp3) is 0.0769. The van der Waals surface area contributed by atoms with Gasteiger partial charge >= 0.3 is 0 Å². The molecule has 186 valence electrons. The molecule has 1 amide bonds. The van der Waals surface area contributed by atoms with Crippen LogP contribution in [0, 0.1) is 18.6 Å². The van der Waals surface area contributed by atoms with E-state index in [2.05, 4.69) is 41.9 Å². The highest BCUT2D eigenvalue weighted by molar-refractivity contribution is 9.10. The van der Waals surface area contributed by atoms with E-state index in [9.17, 15) is 13.6 Å². The molecule has 3 aromatic carbocycles. The molecule has 5 aromatic rings. The number of H-pyrrole nitrogens is 1. The first kappa shape index (κ1) is 24.3. The van der Waals surface area contributed by atoms with Crippen LogP contribution in [0.1, 0.15) is 21.6 Å². The van der Waals surface area contributed by atoms with Gasteiger partial charge in [-0.15, -0.1) is 5.10 Å². The molecule has 0 aliphatic rings. The van der Waals surface area contributed by atoms with Crippen LogP contribution < -0.4 is 10.1 Å². The Balaban J connectivity index is 1.49. The van der Waals surface area contributed by atoms with Gasteiger partial charge in [0.1, 0.15) is 24.0 Å². The number of carbonyl (C=O) groups is 1. The number of halogens is 3. The quantitative estimate of drug-likeness (QED) is 0.259. The molecule has 0 saturated carbocycles. The molecule has 0 unspecified atom stereocenters. The maximum absolute atomic E-state index is 14.2. The van der Waals surface area contributed by atoms with Crippen LogP contribution in [0.3, 0.4) is 0 Å². The fourth-order valence-electron chi connectivity index (χ4n) is 3.89. The van der Waals surface area contributed by atoms with E-state index >= 15 is 0 Å². The molecule has 2 aromatic heterocycles. The number of nitrogens with zero attached hydrogens (tertiary/aromatic N) is 4. The molecule has 0 bridgehead atoms. The molecule has 0 saturated heterocycles. The summed E-state index contributed by atoms with van der Waals surface area (Å²) >= 11 is 3.52. The zero-order chi connectivity index (χ0) is 25.9. The van der Waals surface area contributed by atoms with Crippen molar-refractivity contribution in [3.05, 3.63) is 106 Å². The first-order valence-electron chi connectivity index (χ1n) is 11.1. The number of aromatic amines is 1. The number of amides is 1. The van der Waals surface area contributed by atoms with E-state index in [1.54, 1.807) is 24.3 Å². The van der Waals surface area contributed by atoms with E-state index in [1.807, 2.05) is 41.8 Å². The van der Waals surface area contributed by atoms with Crippen LogP contribution in [0.2, 0.25) is 0 Å². The molecule has 0 atom stereocenters. The Morgan fingerprint density at radius 1 is 1.08 bits per heavy atom. The van der Waals surface area contributed by atoms with Crippen molar-refractivity contribution in [2.24, 2.45) is 0 Å². The van der Waals surface area contributed by atoms with Crippen LogP contribution in [0.15, 0.2) is 77.3 Å². The number of tetrazole rings is 1. The highest BCUT2D eigenvalue weighted by atomic mass is 79.9. The summed E-state index contributed by atoms with van der Waals surface area (Å²) in [6, 6.07) is 19.9. The monoisotopic (exact) mass is 564 g/mol. The first-order valence-corrected chi connectivity index (χ1v) is 11.9. The average molecular weight is 565 g/mol. The molecule has 5 rings (SSSR count). The summed E-state index contributed by atoms with van der Waals surface area (Å²) in [6.07, 6.45) is 0.